The maximum atomic E-state index is 12.4. The van der Waals surface area contributed by atoms with E-state index in [0.29, 0.717) is 5.69 Å². The summed E-state index contributed by atoms with van der Waals surface area (Å²) in [4.78, 5) is 14.5. The molecule has 0 radical (unpaired) electrons. The third kappa shape index (κ3) is 2.90. The number of aromatic hydroxyl groups is 1. The quantitative estimate of drug-likeness (QED) is 0.860. The summed E-state index contributed by atoms with van der Waals surface area (Å²) in [7, 11) is 0. The minimum absolute atomic E-state index is 0.000556. The van der Waals surface area contributed by atoms with Gasteiger partial charge in [-0.15, -0.1) is 0 Å². The van der Waals surface area contributed by atoms with E-state index >= 15 is 0 Å². The van der Waals surface area contributed by atoms with Crippen LogP contribution in [-0.4, -0.2) is 27.7 Å². The molecule has 118 valence electrons. The van der Waals surface area contributed by atoms with Crippen LogP contribution >= 0.6 is 0 Å². The minimum Gasteiger partial charge on any atom is -0.490 e. The van der Waals surface area contributed by atoms with Gasteiger partial charge in [0.1, 0.15) is 0 Å². The number of pyridine rings is 2. The van der Waals surface area contributed by atoms with Crippen LogP contribution in [0.3, 0.4) is 0 Å². The Labute approximate surface area is 131 Å². The van der Waals surface area contributed by atoms with E-state index < -0.39 is 0 Å². The van der Waals surface area contributed by atoms with Gasteiger partial charge in [0.15, 0.2) is 12.4 Å². The van der Waals surface area contributed by atoms with Gasteiger partial charge in [0.2, 0.25) is 0 Å². The number of hydrogen-bond donors (Lipinski definition) is 1. The molecule has 0 bridgehead atoms. The van der Waals surface area contributed by atoms with E-state index in [4.69, 9.17) is 0 Å². The molecule has 0 spiro atoms. The summed E-state index contributed by atoms with van der Waals surface area (Å²) in [5, 5.41) is 10.7. The summed E-state index contributed by atoms with van der Waals surface area (Å²) in [6, 6.07) is 7.27. The maximum absolute atomic E-state index is 12.4. The molecule has 0 saturated heterocycles. The lowest BCUT2D eigenvalue weighted by Crippen LogP contribution is -2.39. The minimum atomic E-state index is -0.203. The van der Waals surface area contributed by atoms with Crippen LogP contribution in [0, 0.1) is 6.92 Å². The van der Waals surface area contributed by atoms with Crippen molar-refractivity contribution in [2.75, 3.05) is 13.1 Å². The molecule has 2 aromatic heterocycles. The summed E-state index contributed by atoms with van der Waals surface area (Å²) in [6.07, 6.45) is 3.52. The number of rotatable bonds is 5. The van der Waals surface area contributed by atoms with Crippen LogP contribution in [0.1, 0.15) is 32.5 Å². The highest BCUT2D eigenvalue weighted by molar-refractivity contribution is 5.41. The van der Waals surface area contributed by atoms with Crippen LogP contribution in [0.5, 0.6) is 5.88 Å². The number of hydrogen-bond acceptors (Lipinski definition) is 3. The predicted octanol–water partition coefficient (Wildman–Crippen LogP) is 2.00. The zero-order valence-corrected chi connectivity index (χ0v) is 13.7. The van der Waals surface area contributed by atoms with Crippen molar-refractivity contribution in [2.24, 2.45) is 0 Å². The second kappa shape index (κ2) is 6.75. The molecule has 22 heavy (non-hydrogen) atoms. The van der Waals surface area contributed by atoms with Crippen molar-refractivity contribution in [1.29, 1.82) is 0 Å². The van der Waals surface area contributed by atoms with Gasteiger partial charge in [-0.05, 0) is 26.9 Å². The van der Waals surface area contributed by atoms with Crippen molar-refractivity contribution >= 4 is 0 Å². The van der Waals surface area contributed by atoms with E-state index in [1.807, 2.05) is 62.9 Å². The molecule has 2 aromatic rings. The molecule has 5 heteroatoms. The smallest absolute Gasteiger partial charge is 0.274 e. The Bertz CT molecular complexity index is 691. The lowest BCUT2D eigenvalue weighted by atomic mass is 10.2. The van der Waals surface area contributed by atoms with Crippen LogP contribution < -0.4 is 10.1 Å². The first-order valence-electron chi connectivity index (χ1n) is 7.67. The first-order chi connectivity index (χ1) is 10.5. The average Bonchev–Trinajstić information content (AvgIpc) is 2.49. The Morgan fingerprint density at radius 3 is 2.36 bits per heavy atom. The normalized spacial score (nSPS) is 12.6. The van der Waals surface area contributed by atoms with E-state index in [0.717, 1.165) is 18.7 Å². The Morgan fingerprint density at radius 1 is 1.23 bits per heavy atom. The van der Waals surface area contributed by atoms with E-state index in [2.05, 4.69) is 4.90 Å². The van der Waals surface area contributed by atoms with E-state index in [9.17, 15) is 9.90 Å². The first kappa shape index (κ1) is 16.2. The van der Waals surface area contributed by atoms with Crippen molar-refractivity contribution < 1.29 is 9.67 Å². The van der Waals surface area contributed by atoms with Gasteiger partial charge in [0, 0.05) is 23.8 Å². The van der Waals surface area contributed by atoms with Crippen LogP contribution in [0.25, 0.3) is 5.69 Å². The Morgan fingerprint density at radius 2 is 1.82 bits per heavy atom. The fourth-order valence-corrected chi connectivity index (χ4v) is 2.86. The predicted molar refractivity (Wildman–Crippen MR) is 86.3 cm³/mol. The van der Waals surface area contributed by atoms with Crippen LogP contribution in [0.2, 0.25) is 0 Å². The first-order valence-corrected chi connectivity index (χ1v) is 7.67. The van der Waals surface area contributed by atoms with Gasteiger partial charge in [-0.25, -0.2) is 0 Å². The molecule has 0 aliphatic carbocycles. The van der Waals surface area contributed by atoms with E-state index in [1.165, 1.54) is 4.57 Å². The summed E-state index contributed by atoms with van der Waals surface area (Å²) in [5.74, 6) is 0.000556. The van der Waals surface area contributed by atoms with Crippen LogP contribution in [0.15, 0.2) is 41.5 Å². The third-order valence-corrected chi connectivity index (χ3v) is 4.08. The standard InChI is InChI=1S/C17H23N3O2/c1-5-18(6-2)14(4)20-15(21)12-13(3)16(17(20)22)19-10-8-7-9-11-19/h7-12,14H,5-6H2,1-4H3/p+1. The van der Waals surface area contributed by atoms with Gasteiger partial charge in [0.05, 0.1) is 6.17 Å². The molecule has 0 aliphatic heterocycles. The largest absolute Gasteiger partial charge is 0.490 e. The van der Waals surface area contributed by atoms with Gasteiger partial charge in [-0.2, -0.15) is 4.57 Å². The molecule has 2 rings (SSSR count). The van der Waals surface area contributed by atoms with E-state index in [-0.39, 0.29) is 17.6 Å². The third-order valence-electron chi connectivity index (χ3n) is 4.08. The zero-order valence-electron chi connectivity index (χ0n) is 13.7. The van der Waals surface area contributed by atoms with Crippen molar-refractivity contribution in [3.05, 3.63) is 52.6 Å². The lowest BCUT2D eigenvalue weighted by molar-refractivity contribution is -0.597. The Kier molecular flexibility index (Phi) is 4.98. The number of aryl methyl sites for hydroxylation is 1. The van der Waals surface area contributed by atoms with Crippen molar-refractivity contribution in [3.63, 3.8) is 0 Å². The van der Waals surface area contributed by atoms with Crippen molar-refractivity contribution in [1.82, 2.24) is 9.47 Å². The molecule has 2 heterocycles. The molecule has 1 atom stereocenters. The summed E-state index contributed by atoms with van der Waals surface area (Å²) < 4.78 is 3.28. The summed E-state index contributed by atoms with van der Waals surface area (Å²) in [5.41, 5.74) is 1.20. The maximum Gasteiger partial charge on any atom is 0.274 e. The SMILES string of the molecule is CCN(CC)C(C)n1c(O)c(-[n+]2ccccc2)c(C)cc1=O. The highest BCUT2D eigenvalue weighted by Gasteiger charge is 2.25. The average molecular weight is 302 g/mol. The van der Waals surface area contributed by atoms with Gasteiger partial charge >= 0.3 is 0 Å². The molecule has 1 N–H and O–H groups in total. The molecule has 1 unspecified atom stereocenters. The molecular weight excluding hydrogens is 278 g/mol. The Balaban J connectivity index is 2.64. The van der Waals surface area contributed by atoms with Crippen LogP contribution in [-0.2, 0) is 0 Å². The molecule has 0 aromatic carbocycles. The molecule has 0 fully saturated rings. The van der Waals surface area contributed by atoms with Crippen molar-refractivity contribution in [3.8, 4) is 11.6 Å². The fraction of sp³-hybridized carbons (Fsp3) is 0.412. The number of nitrogens with zero attached hydrogens (tertiary/aromatic N) is 3. The molecular formula is C17H24N3O2+. The van der Waals surface area contributed by atoms with Gasteiger partial charge in [-0.3, -0.25) is 14.3 Å². The Hall–Kier alpha value is -2.14. The van der Waals surface area contributed by atoms with Gasteiger partial charge in [-0.1, -0.05) is 19.9 Å². The van der Waals surface area contributed by atoms with Crippen molar-refractivity contribution in [2.45, 2.75) is 33.9 Å². The van der Waals surface area contributed by atoms with Crippen LogP contribution in [0.4, 0.5) is 0 Å². The zero-order chi connectivity index (χ0) is 16.3. The van der Waals surface area contributed by atoms with E-state index in [1.54, 1.807) is 6.07 Å². The van der Waals surface area contributed by atoms with Gasteiger partial charge < -0.3 is 5.11 Å². The molecule has 0 saturated carbocycles. The highest BCUT2D eigenvalue weighted by Crippen LogP contribution is 2.23. The van der Waals surface area contributed by atoms with Gasteiger partial charge in [0.25, 0.3) is 17.1 Å². The highest BCUT2D eigenvalue weighted by atomic mass is 16.3. The second-order valence-corrected chi connectivity index (χ2v) is 5.34. The fourth-order valence-electron chi connectivity index (χ4n) is 2.86. The number of aromatic nitrogens is 2. The lowest BCUT2D eigenvalue weighted by Gasteiger charge is -2.28. The second-order valence-electron chi connectivity index (χ2n) is 5.34. The summed E-state index contributed by atoms with van der Waals surface area (Å²) >= 11 is 0. The molecule has 5 nitrogen and oxygen atoms in total. The molecule has 0 amide bonds. The monoisotopic (exact) mass is 302 g/mol. The molecule has 0 aliphatic rings. The summed E-state index contributed by atoms with van der Waals surface area (Å²) in [6.45, 7) is 9.48. The topological polar surface area (TPSA) is 49.4 Å².